The number of nitrogens with one attached hydrogen (secondary N) is 1. The number of rotatable bonds is 5. The van der Waals surface area contributed by atoms with Crippen LogP contribution >= 0.6 is 0 Å². The molecule has 2 aliphatic rings. The number of para-hydroxylation sites is 2. The second-order valence-electron chi connectivity index (χ2n) is 6.63. The molecule has 3 N–H and O–H groups in total. The molecule has 1 fully saturated rings. The number of hydrogen-bond donors (Lipinski definition) is 2. The number of hydrogen-bond acceptors (Lipinski definition) is 5. The number of benzene rings is 1. The van der Waals surface area contributed by atoms with Gasteiger partial charge in [0.15, 0.2) is 11.5 Å². The van der Waals surface area contributed by atoms with Gasteiger partial charge in [-0.05, 0) is 45.0 Å². The second kappa shape index (κ2) is 7.74. The van der Waals surface area contributed by atoms with Crippen molar-refractivity contribution in [1.29, 1.82) is 0 Å². The molecular formula is C18H25N3O4. The van der Waals surface area contributed by atoms with Crippen LogP contribution in [0.25, 0.3) is 0 Å². The van der Waals surface area contributed by atoms with Crippen LogP contribution in [-0.2, 0) is 9.59 Å². The first-order chi connectivity index (χ1) is 12.0. The minimum atomic E-state index is -0.245. The zero-order valence-corrected chi connectivity index (χ0v) is 14.4. The van der Waals surface area contributed by atoms with Crippen molar-refractivity contribution in [3.05, 3.63) is 24.3 Å². The average molecular weight is 347 g/mol. The molecule has 2 amide bonds. The fraction of sp³-hybridized carbons (Fsp3) is 0.556. The molecule has 1 saturated heterocycles. The number of ether oxygens (including phenoxy) is 2. The van der Waals surface area contributed by atoms with Crippen molar-refractivity contribution in [2.24, 2.45) is 11.7 Å². The highest BCUT2D eigenvalue weighted by Gasteiger charge is 2.29. The molecule has 2 heterocycles. The first kappa shape index (κ1) is 17.5. The van der Waals surface area contributed by atoms with Crippen LogP contribution in [0.15, 0.2) is 24.3 Å². The maximum Gasteiger partial charge on any atom is 0.237 e. The van der Waals surface area contributed by atoms with Crippen LogP contribution in [-0.4, -0.2) is 55.1 Å². The van der Waals surface area contributed by atoms with Crippen LogP contribution in [0, 0.1) is 5.92 Å². The minimum Gasteiger partial charge on any atom is -0.486 e. The Bertz CT molecular complexity index is 629. The number of likely N-dealkylation sites (tertiary alicyclic amines) is 1. The molecule has 3 rings (SSSR count). The van der Waals surface area contributed by atoms with Crippen LogP contribution in [0.1, 0.15) is 19.8 Å². The highest BCUT2D eigenvalue weighted by molar-refractivity contribution is 5.81. The van der Waals surface area contributed by atoms with Gasteiger partial charge in [-0.25, -0.2) is 0 Å². The van der Waals surface area contributed by atoms with E-state index in [4.69, 9.17) is 15.2 Å². The summed E-state index contributed by atoms with van der Waals surface area (Å²) < 4.78 is 11.5. The quantitative estimate of drug-likeness (QED) is 0.810. The third-order valence-electron chi connectivity index (χ3n) is 4.93. The van der Waals surface area contributed by atoms with E-state index in [1.54, 1.807) is 0 Å². The number of fused-ring (bicyclic) bond motifs is 1. The molecule has 2 aliphatic heterocycles. The zero-order chi connectivity index (χ0) is 17.8. The second-order valence-corrected chi connectivity index (χ2v) is 6.63. The monoisotopic (exact) mass is 347 g/mol. The van der Waals surface area contributed by atoms with E-state index < -0.39 is 0 Å². The van der Waals surface area contributed by atoms with Gasteiger partial charge in [0.2, 0.25) is 11.8 Å². The average Bonchev–Trinajstić information content (AvgIpc) is 2.65. The molecule has 0 bridgehead atoms. The summed E-state index contributed by atoms with van der Waals surface area (Å²) in [4.78, 5) is 25.7. The highest BCUT2D eigenvalue weighted by Crippen LogP contribution is 2.30. The molecular weight excluding hydrogens is 322 g/mol. The van der Waals surface area contributed by atoms with Gasteiger partial charge >= 0.3 is 0 Å². The van der Waals surface area contributed by atoms with Gasteiger partial charge in [0.05, 0.1) is 12.6 Å². The third kappa shape index (κ3) is 4.22. The Balaban J connectivity index is 1.44. The summed E-state index contributed by atoms with van der Waals surface area (Å²) in [6.45, 7) is 4.11. The number of nitrogens with two attached hydrogens (primary N) is 1. The number of carbonyl (C=O) groups excluding carboxylic acids is 2. The molecule has 0 unspecified atom stereocenters. The summed E-state index contributed by atoms with van der Waals surface area (Å²) in [6, 6.07) is 7.26. The van der Waals surface area contributed by atoms with Gasteiger partial charge < -0.3 is 20.5 Å². The summed E-state index contributed by atoms with van der Waals surface area (Å²) in [6.07, 6.45) is 1.22. The van der Waals surface area contributed by atoms with E-state index in [0.29, 0.717) is 44.8 Å². The van der Waals surface area contributed by atoms with Gasteiger partial charge in [0.1, 0.15) is 12.7 Å². The van der Waals surface area contributed by atoms with E-state index in [1.165, 1.54) is 0 Å². The lowest BCUT2D eigenvalue weighted by molar-refractivity contribution is -0.127. The van der Waals surface area contributed by atoms with Crippen LogP contribution in [0.4, 0.5) is 0 Å². The van der Waals surface area contributed by atoms with E-state index in [0.717, 1.165) is 5.75 Å². The van der Waals surface area contributed by atoms with Gasteiger partial charge in [-0.3, -0.25) is 14.5 Å². The number of primary amides is 1. The molecule has 0 aliphatic carbocycles. The molecule has 1 aromatic rings. The van der Waals surface area contributed by atoms with Crippen molar-refractivity contribution in [2.75, 3.05) is 26.2 Å². The lowest BCUT2D eigenvalue weighted by Gasteiger charge is -2.34. The van der Waals surface area contributed by atoms with E-state index in [-0.39, 0.29) is 29.9 Å². The number of carbonyl (C=O) groups is 2. The van der Waals surface area contributed by atoms with Gasteiger partial charge in [0, 0.05) is 5.92 Å². The number of nitrogens with zero attached hydrogens (tertiary/aromatic N) is 1. The normalized spacial score (nSPS) is 22.2. The Morgan fingerprint density at radius 2 is 1.96 bits per heavy atom. The van der Waals surface area contributed by atoms with Crippen molar-refractivity contribution in [2.45, 2.75) is 31.9 Å². The molecule has 0 saturated carbocycles. The SMILES string of the molecule is C[C@H](C(=O)NC[C@@H]1COc2ccccc2O1)N1CCC(C(N)=O)CC1. The molecule has 7 nitrogen and oxygen atoms in total. The topological polar surface area (TPSA) is 93.9 Å². The molecule has 0 aromatic heterocycles. The molecule has 136 valence electrons. The highest BCUT2D eigenvalue weighted by atomic mass is 16.6. The maximum atomic E-state index is 12.4. The van der Waals surface area contributed by atoms with Crippen molar-refractivity contribution in [3.8, 4) is 11.5 Å². The Morgan fingerprint density at radius 1 is 1.28 bits per heavy atom. The van der Waals surface area contributed by atoms with Crippen LogP contribution in [0.5, 0.6) is 11.5 Å². The first-order valence-corrected chi connectivity index (χ1v) is 8.74. The predicted octanol–water partition coefficient (Wildman–Crippen LogP) is 0.528. The van der Waals surface area contributed by atoms with E-state index in [1.807, 2.05) is 31.2 Å². The predicted molar refractivity (Wildman–Crippen MR) is 92.3 cm³/mol. The standard InChI is InChI=1S/C18H25N3O4/c1-12(21-8-6-13(7-9-21)17(19)22)18(23)20-10-14-11-24-15-4-2-3-5-16(15)25-14/h2-5,12-14H,6-11H2,1H3,(H2,19,22)(H,20,23)/t12-,14-/m1/s1. The molecule has 2 atom stereocenters. The fourth-order valence-corrected chi connectivity index (χ4v) is 3.26. The zero-order valence-electron chi connectivity index (χ0n) is 14.4. The Labute approximate surface area is 147 Å². The van der Waals surface area contributed by atoms with E-state index in [9.17, 15) is 9.59 Å². The van der Waals surface area contributed by atoms with Crippen LogP contribution in [0.2, 0.25) is 0 Å². The Morgan fingerprint density at radius 3 is 2.64 bits per heavy atom. The molecule has 1 aromatic carbocycles. The van der Waals surface area contributed by atoms with Crippen LogP contribution < -0.4 is 20.5 Å². The summed E-state index contributed by atoms with van der Waals surface area (Å²) >= 11 is 0. The molecule has 0 spiro atoms. The number of amides is 2. The summed E-state index contributed by atoms with van der Waals surface area (Å²) in [7, 11) is 0. The minimum absolute atomic E-state index is 0.0417. The van der Waals surface area contributed by atoms with Crippen molar-refractivity contribution in [1.82, 2.24) is 10.2 Å². The maximum absolute atomic E-state index is 12.4. The van der Waals surface area contributed by atoms with E-state index in [2.05, 4.69) is 10.2 Å². The molecule has 0 radical (unpaired) electrons. The summed E-state index contributed by atoms with van der Waals surface area (Å²) in [5.41, 5.74) is 5.35. The fourth-order valence-electron chi connectivity index (χ4n) is 3.26. The van der Waals surface area contributed by atoms with Crippen molar-refractivity contribution >= 4 is 11.8 Å². The van der Waals surface area contributed by atoms with Gasteiger partial charge in [-0.15, -0.1) is 0 Å². The van der Waals surface area contributed by atoms with Gasteiger partial charge in [0.25, 0.3) is 0 Å². The van der Waals surface area contributed by atoms with Crippen LogP contribution in [0.3, 0.4) is 0 Å². The Kier molecular flexibility index (Phi) is 5.43. The number of piperidine rings is 1. The largest absolute Gasteiger partial charge is 0.486 e. The molecule has 7 heteroatoms. The van der Waals surface area contributed by atoms with Crippen molar-refractivity contribution in [3.63, 3.8) is 0 Å². The summed E-state index contributed by atoms with van der Waals surface area (Å²) in [5.74, 6) is 1.08. The lowest BCUT2D eigenvalue weighted by atomic mass is 9.95. The van der Waals surface area contributed by atoms with E-state index >= 15 is 0 Å². The molecule has 25 heavy (non-hydrogen) atoms. The van der Waals surface area contributed by atoms with Gasteiger partial charge in [-0.2, -0.15) is 0 Å². The smallest absolute Gasteiger partial charge is 0.237 e. The Hall–Kier alpha value is -2.28. The third-order valence-corrected chi connectivity index (χ3v) is 4.93. The first-order valence-electron chi connectivity index (χ1n) is 8.74. The van der Waals surface area contributed by atoms with Gasteiger partial charge in [-0.1, -0.05) is 12.1 Å². The summed E-state index contributed by atoms with van der Waals surface area (Å²) in [5, 5.41) is 2.94. The lowest BCUT2D eigenvalue weighted by Crippen LogP contribution is -2.51. The van der Waals surface area contributed by atoms with Crippen molar-refractivity contribution < 1.29 is 19.1 Å².